The number of aliphatic hydroxyl groups is 1. The van der Waals surface area contributed by atoms with E-state index in [1.54, 1.807) is 7.11 Å². The lowest BCUT2D eigenvalue weighted by atomic mass is 9.98. The molecule has 0 spiro atoms. The lowest BCUT2D eigenvalue weighted by molar-refractivity contribution is -0.253. The molecule has 2 heterocycles. The van der Waals surface area contributed by atoms with Gasteiger partial charge in [0.1, 0.15) is 0 Å². The van der Waals surface area contributed by atoms with E-state index in [1.807, 2.05) is 42.5 Å². The van der Waals surface area contributed by atoms with Crippen molar-refractivity contribution < 1.29 is 34.0 Å². The van der Waals surface area contributed by atoms with Crippen LogP contribution in [0.25, 0.3) is 11.1 Å². The molecular weight excluding hydrogens is 572 g/mol. The Balaban J connectivity index is 1.27. The third kappa shape index (κ3) is 9.22. The van der Waals surface area contributed by atoms with Gasteiger partial charge in [0.15, 0.2) is 6.29 Å². The molecule has 0 saturated carbocycles. The Labute approximate surface area is 265 Å². The Morgan fingerprint density at radius 2 is 1.73 bits per heavy atom. The number of hydrogen-bond acceptors (Lipinski definition) is 7. The van der Waals surface area contributed by atoms with Crippen molar-refractivity contribution in [2.24, 2.45) is 0 Å². The van der Waals surface area contributed by atoms with Crippen molar-refractivity contribution in [2.75, 3.05) is 26.8 Å². The summed E-state index contributed by atoms with van der Waals surface area (Å²) in [7, 11) is 1.76. The standard InChI is InChI=1S/C36H44N2O7/c1-43-24-31-7-4-18-38(31)22-32-20-33(28-12-10-25(23-39)11-13-28)45-36(44-32)29-16-14-27(15-17-29)30-6-2-5-26(19-30)21-37-34(40)8-3-9-35(41)42/h2,5-6,10-17,19,31-33,36,39H,3-4,7-9,18,20-24H2,1H3,(H,37,40)(H,41,42). The minimum atomic E-state index is -0.894. The van der Waals surface area contributed by atoms with Crippen LogP contribution in [0, 0.1) is 0 Å². The molecular formula is C36H44N2O7. The molecule has 240 valence electrons. The summed E-state index contributed by atoms with van der Waals surface area (Å²) in [5.74, 6) is -1.05. The maximum absolute atomic E-state index is 12.1. The van der Waals surface area contributed by atoms with Crippen molar-refractivity contribution in [3.63, 3.8) is 0 Å². The molecule has 45 heavy (non-hydrogen) atoms. The minimum absolute atomic E-state index is 0.00844. The molecule has 4 atom stereocenters. The number of nitrogens with one attached hydrogen (secondary N) is 1. The van der Waals surface area contributed by atoms with E-state index >= 15 is 0 Å². The molecule has 2 aliphatic rings. The highest BCUT2D eigenvalue weighted by Gasteiger charge is 2.35. The van der Waals surface area contributed by atoms with Crippen molar-refractivity contribution in [3.05, 3.63) is 95.1 Å². The highest BCUT2D eigenvalue weighted by Crippen LogP contribution is 2.39. The Morgan fingerprint density at radius 1 is 0.956 bits per heavy atom. The molecule has 2 aliphatic heterocycles. The molecule has 2 fully saturated rings. The number of likely N-dealkylation sites (tertiary alicyclic amines) is 1. The average Bonchev–Trinajstić information content (AvgIpc) is 3.50. The summed E-state index contributed by atoms with van der Waals surface area (Å²) in [6.45, 7) is 2.97. The van der Waals surface area contributed by atoms with Crippen LogP contribution in [0.4, 0.5) is 0 Å². The lowest BCUT2D eigenvalue weighted by Gasteiger charge is -2.38. The molecule has 3 aromatic rings. The maximum atomic E-state index is 12.1. The summed E-state index contributed by atoms with van der Waals surface area (Å²) in [6.07, 6.45) is 2.87. The number of methoxy groups -OCH3 is 1. The van der Waals surface area contributed by atoms with Gasteiger partial charge in [0, 0.05) is 51.1 Å². The van der Waals surface area contributed by atoms with Gasteiger partial charge in [0.05, 0.1) is 25.4 Å². The first kappa shape index (κ1) is 32.8. The van der Waals surface area contributed by atoms with Gasteiger partial charge in [-0.3, -0.25) is 14.5 Å². The van der Waals surface area contributed by atoms with E-state index in [2.05, 4.69) is 40.5 Å². The van der Waals surface area contributed by atoms with Crippen LogP contribution in [0.3, 0.4) is 0 Å². The topological polar surface area (TPSA) is 118 Å². The van der Waals surface area contributed by atoms with E-state index in [0.717, 1.165) is 72.3 Å². The monoisotopic (exact) mass is 616 g/mol. The fraction of sp³-hybridized carbons (Fsp3) is 0.444. The highest BCUT2D eigenvalue weighted by molar-refractivity contribution is 5.76. The van der Waals surface area contributed by atoms with Crippen molar-refractivity contribution in [1.82, 2.24) is 10.2 Å². The highest BCUT2D eigenvalue weighted by atomic mass is 16.7. The number of hydrogen-bond donors (Lipinski definition) is 3. The summed E-state index contributed by atoms with van der Waals surface area (Å²) >= 11 is 0. The molecule has 0 aliphatic carbocycles. The molecule has 1 amide bonds. The summed E-state index contributed by atoms with van der Waals surface area (Å²) in [5, 5.41) is 21.2. The number of ether oxygens (including phenoxy) is 3. The van der Waals surface area contributed by atoms with Gasteiger partial charge in [0.2, 0.25) is 5.91 Å². The first-order valence-corrected chi connectivity index (χ1v) is 15.8. The zero-order valence-electron chi connectivity index (χ0n) is 25.9. The van der Waals surface area contributed by atoms with Crippen molar-refractivity contribution in [1.29, 1.82) is 0 Å². The van der Waals surface area contributed by atoms with Crippen LogP contribution in [-0.4, -0.2) is 65.9 Å². The van der Waals surface area contributed by atoms with Gasteiger partial charge >= 0.3 is 5.97 Å². The van der Waals surface area contributed by atoms with Crippen molar-refractivity contribution in [2.45, 2.75) is 76.2 Å². The molecule has 3 aromatic carbocycles. The van der Waals surface area contributed by atoms with Gasteiger partial charge in [-0.2, -0.15) is 0 Å². The molecule has 2 saturated heterocycles. The van der Waals surface area contributed by atoms with Gasteiger partial charge in [0.25, 0.3) is 0 Å². The van der Waals surface area contributed by atoms with Crippen LogP contribution in [0.2, 0.25) is 0 Å². The Bertz CT molecular complexity index is 1400. The second kappa shape index (κ2) is 16.1. The minimum Gasteiger partial charge on any atom is -0.481 e. The van der Waals surface area contributed by atoms with Crippen molar-refractivity contribution in [3.8, 4) is 11.1 Å². The van der Waals surface area contributed by atoms with Crippen LogP contribution < -0.4 is 5.32 Å². The molecule has 9 heteroatoms. The predicted molar refractivity (Wildman–Crippen MR) is 170 cm³/mol. The van der Waals surface area contributed by atoms with E-state index in [4.69, 9.17) is 19.3 Å². The molecule has 0 aromatic heterocycles. The fourth-order valence-corrected chi connectivity index (χ4v) is 6.19. The smallest absolute Gasteiger partial charge is 0.303 e. The number of carbonyl (C=O) groups excluding carboxylic acids is 1. The fourth-order valence-electron chi connectivity index (χ4n) is 6.19. The van der Waals surface area contributed by atoms with E-state index in [0.29, 0.717) is 19.0 Å². The van der Waals surface area contributed by atoms with E-state index in [1.165, 1.54) is 0 Å². The largest absolute Gasteiger partial charge is 0.481 e. The summed E-state index contributed by atoms with van der Waals surface area (Å²) in [4.78, 5) is 25.3. The third-order valence-corrected chi connectivity index (χ3v) is 8.64. The number of carbonyl (C=O) groups is 2. The Hall–Kier alpha value is -3.60. The average molecular weight is 617 g/mol. The van der Waals surface area contributed by atoms with E-state index in [9.17, 15) is 14.7 Å². The van der Waals surface area contributed by atoms with Gasteiger partial charge in [-0.15, -0.1) is 0 Å². The number of amides is 1. The number of nitrogens with zero attached hydrogens (tertiary/aromatic N) is 1. The normalized spacial score (nSPS) is 21.9. The van der Waals surface area contributed by atoms with Crippen LogP contribution in [0.1, 0.15) is 73.2 Å². The molecule has 9 nitrogen and oxygen atoms in total. The van der Waals surface area contributed by atoms with E-state index < -0.39 is 12.3 Å². The number of carboxylic acid groups (broad SMARTS) is 1. The lowest BCUT2D eigenvalue weighted by Crippen LogP contribution is -2.42. The number of aliphatic carboxylic acids is 1. The summed E-state index contributed by atoms with van der Waals surface area (Å²) in [6, 6.07) is 24.6. The predicted octanol–water partition coefficient (Wildman–Crippen LogP) is 5.37. The second-order valence-corrected chi connectivity index (χ2v) is 11.9. The zero-order chi connectivity index (χ0) is 31.6. The quantitative estimate of drug-likeness (QED) is 0.221. The first-order chi connectivity index (χ1) is 21.9. The van der Waals surface area contributed by atoms with Gasteiger partial charge in [-0.25, -0.2) is 0 Å². The zero-order valence-corrected chi connectivity index (χ0v) is 25.9. The van der Waals surface area contributed by atoms with Crippen molar-refractivity contribution >= 4 is 11.9 Å². The number of rotatable bonds is 14. The number of benzene rings is 3. The first-order valence-electron chi connectivity index (χ1n) is 15.8. The van der Waals surface area contributed by atoms with Crippen LogP contribution in [0.5, 0.6) is 0 Å². The van der Waals surface area contributed by atoms with Crippen LogP contribution in [-0.2, 0) is 37.0 Å². The van der Waals surface area contributed by atoms with Crippen LogP contribution in [0.15, 0.2) is 72.8 Å². The number of aliphatic hydroxyl groups excluding tert-OH is 1. The summed E-state index contributed by atoms with van der Waals surface area (Å²) in [5.41, 5.74) is 5.92. The Morgan fingerprint density at radius 3 is 2.47 bits per heavy atom. The van der Waals surface area contributed by atoms with Gasteiger partial charge in [-0.05, 0) is 59.7 Å². The molecule has 0 bridgehead atoms. The van der Waals surface area contributed by atoms with Crippen LogP contribution >= 0.6 is 0 Å². The maximum Gasteiger partial charge on any atom is 0.303 e. The summed E-state index contributed by atoms with van der Waals surface area (Å²) < 4.78 is 18.6. The third-order valence-electron chi connectivity index (χ3n) is 8.64. The molecule has 5 rings (SSSR count). The number of carboxylic acids is 1. The van der Waals surface area contributed by atoms with E-state index in [-0.39, 0.29) is 37.6 Å². The van der Waals surface area contributed by atoms with Gasteiger partial charge < -0.3 is 29.7 Å². The van der Waals surface area contributed by atoms with Gasteiger partial charge in [-0.1, -0.05) is 66.7 Å². The second-order valence-electron chi connectivity index (χ2n) is 11.9. The molecule has 3 N–H and O–H groups in total. The SMILES string of the molecule is COCC1CCCN1CC1CC(c2ccc(CO)cc2)OC(c2ccc(-c3cccc(CNC(=O)CCCC(=O)O)c3)cc2)O1. The molecule has 0 radical (unpaired) electrons. The Kier molecular flexibility index (Phi) is 11.7. The molecule has 4 unspecified atom stereocenters.